The molecule has 1 aromatic rings. The molecule has 0 bridgehead atoms. The van der Waals surface area contributed by atoms with E-state index in [1.807, 2.05) is 24.3 Å². The number of rotatable bonds is 1. The van der Waals surface area contributed by atoms with E-state index in [0.717, 1.165) is 11.3 Å². The van der Waals surface area contributed by atoms with Crippen molar-refractivity contribution < 1.29 is 9.78 Å². The monoisotopic (exact) mass is 148 g/mol. The van der Waals surface area contributed by atoms with Crippen molar-refractivity contribution in [1.29, 1.82) is 0 Å². The Bertz CT molecular complexity index is 281. The molecule has 1 aliphatic heterocycles. The van der Waals surface area contributed by atoms with Gasteiger partial charge in [-0.1, -0.05) is 24.3 Å². The Morgan fingerprint density at radius 3 is 3.00 bits per heavy atom. The number of hydrogen-bond donors (Lipinski definition) is 0. The number of benzene rings is 1. The van der Waals surface area contributed by atoms with Crippen molar-refractivity contribution in [2.75, 3.05) is 0 Å². The second-order valence-corrected chi connectivity index (χ2v) is 2.37. The topological polar surface area (TPSA) is 18.5 Å². The molecule has 0 radical (unpaired) electrons. The molecule has 0 N–H and O–H groups in total. The lowest BCUT2D eigenvalue weighted by atomic mass is 10.1. The molecule has 1 heterocycles. The molecule has 0 amide bonds. The molecule has 11 heavy (non-hydrogen) atoms. The average molecular weight is 148 g/mol. The van der Waals surface area contributed by atoms with Crippen molar-refractivity contribution in [2.24, 2.45) is 0 Å². The number of fused-ring (bicyclic) bond motifs is 1. The van der Waals surface area contributed by atoms with Crippen molar-refractivity contribution in [1.82, 2.24) is 0 Å². The van der Waals surface area contributed by atoms with Crippen LogP contribution in [0.2, 0.25) is 0 Å². The lowest BCUT2D eigenvalue weighted by Gasteiger charge is -1.96. The van der Waals surface area contributed by atoms with Crippen LogP contribution in [0.25, 0.3) is 0 Å². The summed E-state index contributed by atoms with van der Waals surface area (Å²) >= 11 is 0. The Morgan fingerprint density at radius 1 is 1.36 bits per heavy atom. The predicted octanol–water partition coefficient (Wildman–Crippen LogP) is 2.24. The van der Waals surface area contributed by atoms with Crippen LogP contribution in [0.4, 0.5) is 0 Å². The van der Waals surface area contributed by atoms with Gasteiger partial charge in [-0.05, 0) is 6.07 Å². The Morgan fingerprint density at radius 2 is 2.18 bits per heavy atom. The van der Waals surface area contributed by atoms with Gasteiger partial charge in [-0.3, -0.25) is 0 Å². The second kappa shape index (κ2) is 2.40. The zero-order chi connectivity index (χ0) is 7.68. The molecule has 2 heteroatoms. The van der Waals surface area contributed by atoms with E-state index in [1.165, 1.54) is 0 Å². The van der Waals surface area contributed by atoms with Crippen molar-refractivity contribution in [3.05, 3.63) is 42.5 Å². The van der Waals surface area contributed by atoms with E-state index >= 15 is 0 Å². The molecule has 2 nitrogen and oxygen atoms in total. The fourth-order valence-corrected chi connectivity index (χ4v) is 1.11. The van der Waals surface area contributed by atoms with Gasteiger partial charge in [0.05, 0.1) is 0 Å². The molecule has 1 atom stereocenters. The molecular weight excluding hydrogens is 140 g/mol. The first kappa shape index (κ1) is 6.43. The Labute approximate surface area is 65.0 Å². The van der Waals surface area contributed by atoms with Crippen LogP contribution in [0, 0.1) is 0 Å². The van der Waals surface area contributed by atoms with Crippen LogP contribution in [0.3, 0.4) is 0 Å². The van der Waals surface area contributed by atoms with Crippen LogP contribution in [0.5, 0.6) is 5.75 Å². The van der Waals surface area contributed by atoms with Gasteiger partial charge < -0.3 is 4.89 Å². The third-order valence-corrected chi connectivity index (χ3v) is 1.68. The first-order chi connectivity index (χ1) is 5.42. The summed E-state index contributed by atoms with van der Waals surface area (Å²) in [5.74, 6) is 0.789. The SMILES string of the molecule is C=CC1OOc2ccccc21. The van der Waals surface area contributed by atoms with Gasteiger partial charge in [0.2, 0.25) is 0 Å². The number of para-hydroxylation sites is 1. The van der Waals surface area contributed by atoms with Gasteiger partial charge in [0.15, 0.2) is 11.9 Å². The van der Waals surface area contributed by atoms with Gasteiger partial charge in [-0.2, -0.15) is 4.89 Å². The molecule has 2 rings (SSSR count). The molecule has 0 aliphatic carbocycles. The first-order valence-corrected chi connectivity index (χ1v) is 3.46. The van der Waals surface area contributed by atoms with Crippen molar-refractivity contribution in [3.8, 4) is 5.75 Å². The van der Waals surface area contributed by atoms with E-state index in [4.69, 9.17) is 9.78 Å². The highest BCUT2D eigenvalue weighted by molar-refractivity contribution is 5.38. The molecule has 56 valence electrons. The fraction of sp³-hybridized carbons (Fsp3) is 0.111. The van der Waals surface area contributed by atoms with E-state index < -0.39 is 0 Å². The van der Waals surface area contributed by atoms with Crippen LogP contribution in [0.15, 0.2) is 36.9 Å². The number of hydrogen-bond acceptors (Lipinski definition) is 2. The Kier molecular flexibility index (Phi) is 1.40. The Hall–Kier alpha value is -1.28. The fourth-order valence-electron chi connectivity index (χ4n) is 1.11. The predicted molar refractivity (Wildman–Crippen MR) is 41.1 cm³/mol. The van der Waals surface area contributed by atoms with Gasteiger partial charge in [0.25, 0.3) is 0 Å². The zero-order valence-corrected chi connectivity index (χ0v) is 5.99. The van der Waals surface area contributed by atoms with Crippen molar-refractivity contribution in [2.45, 2.75) is 6.10 Å². The summed E-state index contributed by atoms with van der Waals surface area (Å²) in [6.07, 6.45) is 1.61. The van der Waals surface area contributed by atoms with E-state index in [0.29, 0.717) is 0 Å². The van der Waals surface area contributed by atoms with Crippen LogP contribution in [-0.4, -0.2) is 0 Å². The first-order valence-electron chi connectivity index (χ1n) is 3.46. The van der Waals surface area contributed by atoms with Crippen LogP contribution in [-0.2, 0) is 4.89 Å². The third-order valence-electron chi connectivity index (χ3n) is 1.68. The molecule has 0 spiro atoms. The van der Waals surface area contributed by atoms with Crippen LogP contribution >= 0.6 is 0 Å². The van der Waals surface area contributed by atoms with E-state index in [2.05, 4.69) is 6.58 Å². The molecule has 0 saturated heterocycles. The van der Waals surface area contributed by atoms with Gasteiger partial charge in [0.1, 0.15) is 0 Å². The lowest BCUT2D eigenvalue weighted by molar-refractivity contribution is -0.210. The molecule has 1 aromatic carbocycles. The maximum Gasteiger partial charge on any atom is 0.171 e. The van der Waals surface area contributed by atoms with E-state index in [1.54, 1.807) is 6.08 Å². The Balaban J connectivity index is 2.46. The summed E-state index contributed by atoms with van der Waals surface area (Å²) in [6, 6.07) is 7.70. The minimum atomic E-state index is -0.105. The van der Waals surface area contributed by atoms with Crippen molar-refractivity contribution in [3.63, 3.8) is 0 Å². The molecule has 1 aliphatic rings. The summed E-state index contributed by atoms with van der Waals surface area (Å²) in [7, 11) is 0. The molecule has 0 saturated carbocycles. The zero-order valence-electron chi connectivity index (χ0n) is 5.99. The van der Waals surface area contributed by atoms with Crippen LogP contribution in [0.1, 0.15) is 11.7 Å². The summed E-state index contributed by atoms with van der Waals surface area (Å²) in [4.78, 5) is 9.89. The standard InChI is InChI=1S/C9H8O2/c1-2-8-7-5-3-4-6-9(7)11-10-8/h2-6,8H,1H2. The normalized spacial score (nSPS) is 20.5. The maximum atomic E-state index is 4.95. The molecular formula is C9H8O2. The third kappa shape index (κ3) is 0.917. The van der Waals surface area contributed by atoms with Gasteiger partial charge >= 0.3 is 0 Å². The van der Waals surface area contributed by atoms with Crippen molar-refractivity contribution >= 4 is 0 Å². The highest BCUT2D eigenvalue weighted by Crippen LogP contribution is 2.34. The average Bonchev–Trinajstić information content (AvgIpc) is 2.47. The minimum Gasteiger partial charge on any atom is -0.336 e. The smallest absolute Gasteiger partial charge is 0.171 e. The summed E-state index contributed by atoms with van der Waals surface area (Å²) < 4.78 is 0. The van der Waals surface area contributed by atoms with Gasteiger partial charge in [-0.15, -0.1) is 6.58 Å². The lowest BCUT2D eigenvalue weighted by Crippen LogP contribution is -1.90. The highest BCUT2D eigenvalue weighted by atomic mass is 17.2. The summed E-state index contributed by atoms with van der Waals surface area (Å²) in [6.45, 7) is 3.64. The minimum absolute atomic E-state index is 0.105. The maximum absolute atomic E-state index is 4.95. The van der Waals surface area contributed by atoms with Gasteiger partial charge in [0, 0.05) is 5.56 Å². The second-order valence-electron chi connectivity index (χ2n) is 2.37. The van der Waals surface area contributed by atoms with E-state index in [-0.39, 0.29) is 6.10 Å². The highest BCUT2D eigenvalue weighted by Gasteiger charge is 2.21. The van der Waals surface area contributed by atoms with Gasteiger partial charge in [-0.25, -0.2) is 0 Å². The van der Waals surface area contributed by atoms with Crippen LogP contribution < -0.4 is 4.89 Å². The quantitative estimate of drug-likeness (QED) is 0.449. The summed E-state index contributed by atoms with van der Waals surface area (Å²) in [5, 5.41) is 0. The molecule has 1 unspecified atom stereocenters. The largest absolute Gasteiger partial charge is 0.336 e. The molecule has 0 fully saturated rings. The summed E-state index contributed by atoms with van der Waals surface area (Å²) in [5.41, 5.74) is 1.04. The molecule has 0 aromatic heterocycles. The van der Waals surface area contributed by atoms with E-state index in [9.17, 15) is 0 Å².